The second-order valence-corrected chi connectivity index (χ2v) is 17.1. The normalized spacial score (nSPS) is 28.8. The lowest BCUT2D eigenvalue weighted by atomic mass is 9.76. The molecule has 0 spiro atoms. The fourth-order valence-electron chi connectivity index (χ4n) is 7.32. The summed E-state index contributed by atoms with van der Waals surface area (Å²) in [7, 11) is -8.12. The molecule has 0 aromatic heterocycles. The molecular weight excluding hydrogens is 658 g/mol. The van der Waals surface area contributed by atoms with Gasteiger partial charge in [-0.05, 0) is 81.3 Å². The van der Waals surface area contributed by atoms with Crippen molar-refractivity contribution in [2.45, 2.75) is 90.2 Å². The van der Waals surface area contributed by atoms with Gasteiger partial charge in [0.25, 0.3) is 0 Å². The van der Waals surface area contributed by atoms with Gasteiger partial charge < -0.3 is 4.90 Å². The Kier molecular flexibility index (Phi) is 7.95. The van der Waals surface area contributed by atoms with E-state index in [1.54, 1.807) is 0 Å². The summed E-state index contributed by atoms with van der Waals surface area (Å²) in [6, 6.07) is 3.94. The highest BCUT2D eigenvalue weighted by Crippen LogP contribution is 2.57. The molecule has 0 radical (unpaired) electrons. The van der Waals surface area contributed by atoms with Crippen LogP contribution < -0.4 is 0 Å². The van der Waals surface area contributed by atoms with Crippen LogP contribution in [-0.2, 0) is 41.3 Å². The van der Waals surface area contributed by atoms with Gasteiger partial charge in [0.05, 0.1) is 21.4 Å². The highest BCUT2D eigenvalue weighted by atomic mass is 32.2. The lowest BCUT2D eigenvalue weighted by Gasteiger charge is -2.44. The van der Waals surface area contributed by atoms with Crippen molar-refractivity contribution in [1.82, 2.24) is 4.90 Å². The lowest BCUT2D eigenvalue weighted by Crippen LogP contribution is -2.54. The van der Waals surface area contributed by atoms with Crippen LogP contribution in [0.15, 0.2) is 47.4 Å². The van der Waals surface area contributed by atoms with E-state index in [0.717, 1.165) is 30.3 Å². The smallest absolute Gasteiger partial charge is 0.337 e. The second kappa shape index (κ2) is 10.6. The van der Waals surface area contributed by atoms with Gasteiger partial charge in [-0.3, -0.25) is 4.79 Å². The predicted octanol–water partition coefficient (Wildman–Crippen LogP) is 5.93. The van der Waals surface area contributed by atoms with E-state index in [2.05, 4.69) is 0 Å². The van der Waals surface area contributed by atoms with Crippen molar-refractivity contribution in [3.05, 3.63) is 65.0 Å². The van der Waals surface area contributed by atoms with Crippen LogP contribution in [0.1, 0.15) is 56.2 Å². The molecule has 2 fully saturated rings. The Hall–Kier alpha value is -2.75. The van der Waals surface area contributed by atoms with Crippen LogP contribution in [0.5, 0.6) is 0 Å². The van der Waals surface area contributed by atoms with E-state index in [9.17, 15) is 52.4 Å². The third kappa shape index (κ3) is 4.87. The first-order chi connectivity index (χ1) is 20.6. The summed E-state index contributed by atoms with van der Waals surface area (Å²) < 4.78 is 162. The first kappa shape index (κ1) is 33.6. The van der Waals surface area contributed by atoms with Gasteiger partial charge in [0.2, 0.25) is 5.91 Å². The summed E-state index contributed by atoms with van der Waals surface area (Å²) in [6.07, 6.45) is -13.6. The fraction of sp³-hybridized carbons (Fsp3) is 0.552. The lowest BCUT2D eigenvalue weighted by molar-refractivity contribution is -0.348. The predicted molar refractivity (Wildman–Crippen MR) is 146 cm³/mol. The van der Waals surface area contributed by atoms with E-state index >= 15 is 4.39 Å². The molecule has 0 N–H and O–H groups in total. The number of sulfone groups is 2. The van der Waals surface area contributed by atoms with Crippen LogP contribution >= 0.6 is 0 Å². The van der Waals surface area contributed by atoms with E-state index < -0.39 is 87.1 Å². The summed E-state index contributed by atoms with van der Waals surface area (Å²) in [5, 5.41) is -1.70. The Morgan fingerprint density at radius 2 is 1.47 bits per heavy atom. The van der Waals surface area contributed by atoms with Crippen molar-refractivity contribution in [3.63, 3.8) is 0 Å². The molecule has 2 aliphatic heterocycles. The number of carbonyl (C=O) groups is 1. The molecule has 0 saturated carbocycles. The van der Waals surface area contributed by atoms with E-state index in [1.807, 2.05) is 0 Å². The van der Waals surface area contributed by atoms with Crippen LogP contribution in [-0.4, -0.2) is 63.1 Å². The number of fused-ring (bicyclic) bond motifs is 3. The molecule has 2 heterocycles. The Morgan fingerprint density at radius 3 is 2.00 bits per heavy atom. The molecule has 2 aromatic carbocycles. The summed E-state index contributed by atoms with van der Waals surface area (Å²) in [6.45, 7) is 2.77. The maximum absolute atomic E-state index is 15.0. The van der Waals surface area contributed by atoms with Crippen molar-refractivity contribution in [2.24, 2.45) is 5.92 Å². The molecule has 6 nitrogen and oxygen atoms in total. The average molecular weight is 688 g/mol. The molecule has 2 aromatic rings. The SMILES string of the molecule is C[C@@H]1CC(C(=O)N2CC[C@@]3(S(=O)(=O)c4ccc(F)cc4)c4ccc(C(F)(C(F)(F)F)C(F)(F)F)cc4CC[C@@H]23)C[C@H](C)S1(=O)=O. The van der Waals surface area contributed by atoms with Crippen molar-refractivity contribution in [2.75, 3.05) is 6.54 Å². The van der Waals surface area contributed by atoms with Gasteiger partial charge >= 0.3 is 18.0 Å². The number of rotatable bonds is 4. The zero-order chi connectivity index (χ0) is 33.5. The number of amides is 1. The van der Waals surface area contributed by atoms with Gasteiger partial charge in [-0.15, -0.1) is 0 Å². The molecular formula is C29H29F8NO5S2. The Morgan fingerprint density at radius 1 is 0.911 bits per heavy atom. The molecule has 3 aliphatic rings. The zero-order valence-corrected chi connectivity index (χ0v) is 25.6. The first-order valence-electron chi connectivity index (χ1n) is 14.1. The van der Waals surface area contributed by atoms with Crippen LogP contribution in [0.4, 0.5) is 35.1 Å². The van der Waals surface area contributed by atoms with E-state index in [0.29, 0.717) is 6.07 Å². The number of hydrogen-bond acceptors (Lipinski definition) is 5. The Balaban J connectivity index is 1.65. The molecule has 0 bridgehead atoms. The largest absolute Gasteiger partial charge is 0.435 e. The molecule has 5 atom stereocenters. The average Bonchev–Trinajstić information content (AvgIpc) is 3.35. The van der Waals surface area contributed by atoms with Gasteiger partial charge in [-0.25, -0.2) is 25.6 Å². The second-order valence-electron chi connectivity index (χ2n) is 12.1. The first-order valence-corrected chi connectivity index (χ1v) is 17.2. The summed E-state index contributed by atoms with van der Waals surface area (Å²) >= 11 is 0. The maximum atomic E-state index is 15.0. The van der Waals surface area contributed by atoms with E-state index in [4.69, 9.17) is 0 Å². The van der Waals surface area contributed by atoms with Crippen LogP contribution in [0.25, 0.3) is 0 Å². The number of hydrogen-bond donors (Lipinski definition) is 0. The van der Waals surface area contributed by atoms with Crippen LogP contribution in [0.3, 0.4) is 0 Å². The topological polar surface area (TPSA) is 88.6 Å². The highest BCUT2D eigenvalue weighted by Gasteiger charge is 2.74. The maximum Gasteiger partial charge on any atom is 0.435 e. The fourth-order valence-corrected chi connectivity index (χ4v) is 11.5. The summed E-state index contributed by atoms with van der Waals surface area (Å²) in [4.78, 5) is 14.8. The number of likely N-dealkylation sites (tertiary alicyclic amines) is 1. The van der Waals surface area contributed by atoms with E-state index in [1.165, 1.54) is 18.7 Å². The molecule has 1 amide bonds. The van der Waals surface area contributed by atoms with Gasteiger partial charge in [-0.2, -0.15) is 26.3 Å². The van der Waals surface area contributed by atoms with Crippen LogP contribution in [0, 0.1) is 11.7 Å². The van der Waals surface area contributed by atoms with Crippen molar-refractivity contribution < 1.29 is 56.8 Å². The molecule has 5 rings (SSSR count). The third-order valence-electron chi connectivity index (χ3n) is 9.66. The standard InChI is InChI=1S/C29H29F8NO5S2/c1-16-13-19(14-17(2)44(16,40)41)25(39)38-12-11-26(45(42,43)22-7-5-21(30)6-8-22)23-9-4-20(15-18(23)3-10-24(26)38)27(31,28(32,33)34)29(35,36)37/h4-9,15-17,19,24H,3,10-14H2,1-2H3/t16-,17+,19?,24-,26-/m1/s1. The molecule has 2 saturated heterocycles. The van der Waals surface area contributed by atoms with Crippen molar-refractivity contribution in [1.29, 1.82) is 0 Å². The van der Waals surface area contributed by atoms with Crippen molar-refractivity contribution in [3.8, 4) is 0 Å². The Bertz CT molecular complexity index is 1690. The molecule has 1 unspecified atom stereocenters. The number of carbonyl (C=O) groups excluding carboxylic acids is 1. The Labute approximate surface area is 254 Å². The van der Waals surface area contributed by atoms with Gasteiger partial charge in [0, 0.05) is 18.0 Å². The number of alkyl halides is 7. The van der Waals surface area contributed by atoms with E-state index in [-0.39, 0.29) is 55.8 Å². The quantitative estimate of drug-likeness (QED) is 0.294. The number of halogens is 8. The highest BCUT2D eigenvalue weighted by molar-refractivity contribution is 7.92. The zero-order valence-electron chi connectivity index (χ0n) is 23.9. The molecule has 45 heavy (non-hydrogen) atoms. The minimum absolute atomic E-state index is 0.0140. The van der Waals surface area contributed by atoms with Gasteiger partial charge in [0.1, 0.15) is 10.6 Å². The molecule has 1 aliphatic carbocycles. The van der Waals surface area contributed by atoms with Crippen LogP contribution in [0.2, 0.25) is 0 Å². The minimum atomic E-state index is -6.38. The van der Waals surface area contributed by atoms with Crippen molar-refractivity contribution >= 4 is 25.6 Å². The number of nitrogens with zero attached hydrogens (tertiary/aromatic N) is 1. The minimum Gasteiger partial charge on any atom is -0.337 e. The van der Waals surface area contributed by atoms with Gasteiger partial charge in [0.15, 0.2) is 19.7 Å². The molecule has 16 heteroatoms. The third-order valence-corrected chi connectivity index (χ3v) is 14.8. The monoisotopic (exact) mass is 687 g/mol. The summed E-state index contributed by atoms with van der Waals surface area (Å²) in [5.41, 5.74) is -7.93. The van der Waals surface area contributed by atoms with Gasteiger partial charge in [-0.1, -0.05) is 18.2 Å². The summed E-state index contributed by atoms with van der Waals surface area (Å²) in [5.74, 6) is -2.06. The number of aryl methyl sites for hydroxylation is 1. The molecule has 248 valence electrons. The number of benzene rings is 2.